The second-order valence-corrected chi connectivity index (χ2v) is 4.49. The zero-order valence-electron chi connectivity index (χ0n) is 8.27. The fourth-order valence-electron chi connectivity index (χ4n) is 1.08. The standard InChI is InChI=1S/C9H12O4S/c1-7-6-8(13-14(3,10)11)4-5-9(7)12-2/h4-6H,1-3H3. The molecule has 0 saturated carbocycles. The van der Waals surface area contributed by atoms with E-state index in [9.17, 15) is 8.42 Å². The number of methoxy groups -OCH3 is 1. The smallest absolute Gasteiger partial charge is 0.306 e. The summed E-state index contributed by atoms with van der Waals surface area (Å²) >= 11 is 0. The van der Waals surface area contributed by atoms with Crippen LogP contribution >= 0.6 is 0 Å². The van der Waals surface area contributed by atoms with E-state index < -0.39 is 10.1 Å². The molecule has 1 aromatic carbocycles. The van der Waals surface area contributed by atoms with Crippen molar-refractivity contribution in [3.63, 3.8) is 0 Å². The molecule has 0 aliphatic carbocycles. The molecule has 0 aromatic heterocycles. The number of rotatable bonds is 3. The zero-order valence-corrected chi connectivity index (χ0v) is 9.09. The Balaban J connectivity index is 2.98. The SMILES string of the molecule is COc1ccc(OS(C)(=O)=O)cc1C. The van der Waals surface area contributed by atoms with E-state index in [0.717, 1.165) is 11.8 Å². The van der Waals surface area contributed by atoms with Crippen molar-refractivity contribution in [2.24, 2.45) is 0 Å². The minimum atomic E-state index is -3.45. The molecule has 1 rings (SSSR count). The second-order valence-electron chi connectivity index (χ2n) is 2.92. The first-order chi connectivity index (χ1) is 6.42. The van der Waals surface area contributed by atoms with Gasteiger partial charge in [-0.15, -0.1) is 0 Å². The maximum absolute atomic E-state index is 10.8. The van der Waals surface area contributed by atoms with Crippen LogP contribution in [0.4, 0.5) is 0 Å². The van der Waals surface area contributed by atoms with Crippen molar-refractivity contribution in [1.29, 1.82) is 0 Å². The molecule has 0 saturated heterocycles. The summed E-state index contributed by atoms with van der Waals surface area (Å²) in [5.74, 6) is 0.997. The molecule has 4 nitrogen and oxygen atoms in total. The van der Waals surface area contributed by atoms with Crippen LogP contribution in [-0.2, 0) is 10.1 Å². The summed E-state index contributed by atoms with van der Waals surface area (Å²) in [5, 5.41) is 0. The summed E-state index contributed by atoms with van der Waals surface area (Å²) in [6.07, 6.45) is 1.01. The lowest BCUT2D eigenvalue weighted by atomic mass is 10.2. The molecular weight excluding hydrogens is 204 g/mol. The van der Waals surface area contributed by atoms with Crippen molar-refractivity contribution in [3.8, 4) is 11.5 Å². The van der Waals surface area contributed by atoms with E-state index in [1.807, 2.05) is 6.92 Å². The molecule has 78 valence electrons. The van der Waals surface area contributed by atoms with Crippen LogP contribution in [0.1, 0.15) is 5.56 Å². The van der Waals surface area contributed by atoms with Crippen molar-refractivity contribution < 1.29 is 17.3 Å². The van der Waals surface area contributed by atoms with Crippen LogP contribution in [0, 0.1) is 6.92 Å². The van der Waals surface area contributed by atoms with Gasteiger partial charge in [0.1, 0.15) is 11.5 Å². The summed E-state index contributed by atoms with van der Waals surface area (Å²) in [6.45, 7) is 1.81. The Bertz CT molecular complexity index is 422. The quantitative estimate of drug-likeness (QED) is 0.715. The molecule has 1 aromatic rings. The van der Waals surface area contributed by atoms with Crippen LogP contribution in [0.2, 0.25) is 0 Å². The molecule has 5 heteroatoms. The molecule has 0 aliphatic rings. The van der Waals surface area contributed by atoms with Gasteiger partial charge in [-0.1, -0.05) is 0 Å². The Morgan fingerprint density at radius 2 is 1.93 bits per heavy atom. The topological polar surface area (TPSA) is 52.6 Å². The molecule has 0 unspecified atom stereocenters. The largest absolute Gasteiger partial charge is 0.496 e. The molecule has 0 N–H and O–H groups in total. The van der Waals surface area contributed by atoms with Gasteiger partial charge in [0.15, 0.2) is 0 Å². The third-order valence-electron chi connectivity index (χ3n) is 1.61. The average molecular weight is 216 g/mol. The number of hydrogen-bond donors (Lipinski definition) is 0. The van der Waals surface area contributed by atoms with Crippen molar-refractivity contribution in [2.45, 2.75) is 6.92 Å². The Labute approximate surface area is 83.6 Å². The zero-order chi connectivity index (χ0) is 10.8. The second kappa shape index (κ2) is 3.88. The number of ether oxygens (including phenoxy) is 1. The molecule has 0 bridgehead atoms. The Morgan fingerprint density at radius 1 is 1.29 bits per heavy atom. The number of benzene rings is 1. The van der Waals surface area contributed by atoms with E-state index in [1.165, 1.54) is 0 Å². The highest BCUT2D eigenvalue weighted by Gasteiger charge is 2.06. The highest BCUT2D eigenvalue weighted by Crippen LogP contribution is 2.23. The lowest BCUT2D eigenvalue weighted by Crippen LogP contribution is -2.05. The lowest BCUT2D eigenvalue weighted by molar-refractivity contribution is 0.410. The van der Waals surface area contributed by atoms with Crippen molar-refractivity contribution in [3.05, 3.63) is 23.8 Å². The molecule has 0 amide bonds. The molecular formula is C9H12O4S. The van der Waals surface area contributed by atoms with Crippen molar-refractivity contribution >= 4 is 10.1 Å². The third-order valence-corrected chi connectivity index (χ3v) is 2.11. The Kier molecular flexibility index (Phi) is 3.00. The number of aryl methyl sites for hydroxylation is 1. The van der Waals surface area contributed by atoms with E-state index in [1.54, 1.807) is 25.3 Å². The van der Waals surface area contributed by atoms with Gasteiger partial charge in [0, 0.05) is 0 Å². The maximum atomic E-state index is 10.8. The van der Waals surface area contributed by atoms with Crippen LogP contribution in [0.25, 0.3) is 0 Å². The van der Waals surface area contributed by atoms with Crippen LogP contribution in [0.15, 0.2) is 18.2 Å². The predicted octanol–water partition coefficient (Wildman–Crippen LogP) is 1.34. The normalized spacial score (nSPS) is 11.1. The summed E-state index contributed by atoms with van der Waals surface area (Å²) in [6, 6.07) is 4.82. The third kappa shape index (κ3) is 2.92. The average Bonchev–Trinajstić information content (AvgIpc) is 2.01. The molecule has 0 aliphatic heterocycles. The van der Waals surface area contributed by atoms with E-state index >= 15 is 0 Å². The van der Waals surface area contributed by atoms with E-state index in [0.29, 0.717) is 11.5 Å². The first-order valence-corrected chi connectivity index (χ1v) is 5.78. The van der Waals surface area contributed by atoms with E-state index in [4.69, 9.17) is 8.92 Å². The van der Waals surface area contributed by atoms with Crippen LogP contribution < -0.4 is 8.92 Å². The fraction of sp³-hybridized carbons (Fsp3) is 0.333. The van der Waals surface area contributed by atoms with Crippen molar-refractivity contribution in [2.75, 3.05) is 13.4 Å². The molecule has 0 spiro atoms. The minimum absolute atomic E-state index is 0.297. The Morgan fingerprint density at radius 3 is 2.36 bits per heavy atom. The lowest BCUT2D eigenvalue weighted by Gasteiger charge is -2.07. The number of hydrogen-bond acceptors (Lipinski definition) is 4. The first-order valence-electron chi connectivity index (χ1n) is 3.96. The van der Waals surface area contributed by atoms with Crippen molar-refractivity contribution in [1.82, 2.24) is 0 Å². The molecule has 14 heavy (non-hydrogen) atoms. The van der Waals surface area contributed by atoms with Gasteiger partial charge in [-0.25, -0.2) is 0 Å². The minimum Gasteiger partial charge on any atom is -0.496 e. The molecule has 0 heterocycles. The van der Waals surface area contributed by atoms with Gasteiger partial charge in [0.25, 0.3) is 0 Å². The van der Waals surface area contributed by atoms with Gasteiger partial charge in [0.05, 0.1) is 13.4 Å². The summed E-state index contributed by atoms with van der Waals surface area (Å²) < 4.78 is 31.3. The first kappa shape index (κ1) is 10.8. The monoisotopic (exact) mass is 216 g/mol. The van der Waals surface area contributed by atoms with Gasteiger partial charge in [-0.2, -0.15) is 8.42 Å². The molecule has 0 radical (unpaired) electrons. The summed E-state index contributed by atoms with van der Waals surface area (Å²) in [4.78, 5) is 0. The van der Waals surface area contributed by atoms with E-state index in [-0.39, 0.29) is 0 Å². The van der Waals surface area contributed by atoms with Crippen LogP contribution in [0.5, 0.6) is 11.5 Å². The fourth-order valence-corrected chi connectivity index (χ4v) is 1.53. The predicted molar refractivity (Wildman–Crippen MR) is 53.2 cm³/mol. The van der Waals surface area contributed by atoms with Gasteiger partial charge in [-0.3, -0.25) is 0 Å². The summed E-state index contributed by atoms with van der Waals surface area (Å²) in [7, 11) is -1.90. The van der Waals surface area contributed by atoms with E-state index in [2.05, 4.69) is 0 Å². The highest BCUT2D eigenvalue weighted by atomic mass is 32.2. The highest BCUT2D eigenvalue weighted by molar-refractivity contribution is 7.86. The van der Waals surface area contributed by atoms with Gasteiger partial charge < -0.3 is 8.92 Å². The van der Waals surface area contributed by atoms with Gasteiger partial charge in [-0.05, 0) is 30.7 Å². The Hall–Kier alpha value is -1.23. The molecule has 0 atom stereocenters. The van der Waals surface area contributed by atoms with Gasteiger partial charge in [0.2, 0.25) is 0 Å². The summed E-state index contributed by atoms with van der Waals surface area (Å²) in [5.41, 5.74) is 0.827. The van der Waals surface area contributed by atoms with Crippen LogP contribution in [-0.4, -0.2) is 21.8 Å². The van der Waals surface area contributed by atoms with Crippen LogP contribution in [0.3, 0.4) is 0 Å². The van der Waals surface area contributed by atoms with Gasteiger partial charge >= 0.3 is 10.1 Å². The maximum Gasteiger partial charge on any atom is 0.306 e. The molecule has 0 fully saturated rings.